The molecule has 0 spiro atoms. The second-order valence-electron chi connectivity index (χ2n) is 5.96. The van der Waals surface area contributed by atoms with Gasteiger partial charge >= 0.3 is 0 Å². The summed E-state index contributed by atoms with van der Waals surface area (Å²) in [6, 6.07) is 9.42. The monoisotopic (exact) mass is 294 g/mol. The Morgan fingerprint density at radius 2 is 2.00 bits per heavy atom. The summed E-state index contributed by atoms with van der Waals surface area (Å²) >= 11 is 5.93. The van der Waals surface area contributed by atoms with Crippen molar-refractivity contribution in [3.05, 3.63) is 34.9 Å². The maximum atomic E-state index is 5.93. The largest absolute Gasteiger partial charge is 0.311 e. The molecule has 0 bridgehead atoms. The Hall–Kier alpha value is -0.570. The molecule has 2 unspecified atom stereocenters. The second kappa shape index (κ2) is 8.02. The number of likely N-dealkylation sites (tertiary alicyclic amines) is 1. The molecule has 0 saturated carbocycles. The summed E-state index contributed by atoms with van der Waals surface area (Å²) in [5.41, 5.74) is 1.36. The molecule has 0 aromatic heterocycles. The van der Waals surface area contributed by atoms with Crippen molar-refractivity contribution >= 4 is 11.6 Å². The summed E-state index contributed by atoms with van der Waals surface area (Å²) in [6.45, 7) is 8.24. The molecule has 20 heavy (non-hydrogen) atoms. The minimum absolute atomic E-state index is 0.523. The number of rotatable bonds is 5. The summed E-state index contributed by atoms with van der Waals surface area (Å²) in [6.07, 6.45) is 4.98. The van der Waals surface area contributed by atoms with Crippen LogP contribution in [0.1, 0.15) is 38.7 Å². The third kappa shape index (κ3) is 5.08. The third-order valence-corrected chi connectivity index (χ3v) is 4.50. The minimum Gasteiger partial charge on any atom is -0.311 e. The predicted octanol–water partition coefficient (Wildman–Crippen LogP) is 3.74. The van der Waals surface area contributed by atoms with Crippen LogP contribution in [0, 0.1) is 0 Å². The molecule has 1 N–H and O–H groups in total. The van der Waals surface area contributed by atoms with Crippen molar-refractivity contribution in [3.8, 4) is 0 Å². The van der Waals surface area contributed by atoms with E-state index in [0.717, 1.165) is 11.4 Å². The zero-order valence-corrected chi connectivity index (χ0v) is 13.5. The van der Waals surface area contributed by atoms with E-state index >= 15 is 0 Å². The first-order valence-electron chi connectivity index (χ1n) is 7.90. The van der Waals surface area contributed by atoms with Crippen LogP contribution in [0.25, 0.3) is 0 Å². The van der Waals surface area contributed by atoms with Gasteiger partial charge in [0, 0.05) is 17.1 Å². The SMILES string of the molecule is CCN1CCCC(NC(C)Cc2ccc(Cl)cc2)CC1. The number of hydrogen-bond donors (Lipinski definition) is 1. The van der Waals surface area contributed by atoms with Gasteiger partial charge in [0.05, 0.1) is 0 Å². The van der Waals surface area contributed by atoms with Gasteiger partial charge in [-0.2, -0.15) is 0 Å². The smallest absolute Gasteiger partial charge is 0.0406 e. The van der Waals surface area contributed by atoms with Crippen LogP contribution >= 0.6 is 11.6 Å². The van der Waals surface area contributed by atoms with Gasteiger partial charge in [0.15, 0.2) is 0 Å². The highest BCUT2D eigenvalue weighted by molar-refractivity contribution is 6.30. The van der Waals surface area contributed by atoms with Crippen molar-refractivity contribution in [2.24, 2.45) is 0 Å². The van der Waals surface area contributed by atoms with Crippen LogP contribution in [-0.4, -0.2) is 36.6 Å². The molecule has 1 heterocycles. The third-order valence-electron chi connectivity index (χ3n) is 4.24. The first-order chi connectivity index (χ1) is 9.67. The molecule has 1 fully saturated rings. The molecule has 0 amide bonds. The molecule has 1 saturated heterocycles. The Bertz CT molecular complexity index is 390. The molecule has 2 atom stereocenters. The van der Waals surface area contributed by atoms with E-state index in [1.165, 1.54) is 44.5 Å². The molecule has 1 aromatic rings. The summed E-state index contributed by atoms with van der Waals surface area (Å²) in [5, 5.41) is 4.62. The molecule has 1 aliphatic heterocycles. The van der Waals surface area contributed by atoms with Gasteiger partial charge in [-0.15, -0.1) is 0 Å². The Balaban J connectivity index is 1.79. The molecular formula is C17H27ClN2. The summed E-state index contributed by atoms with van der Waals surface area (Å²) < 4.78 is 0. The fraction of sp³-hybridized carbons (Fsp3) is 0.647. The summed E-state index contributed by atoms with van der Waals surface area (Å²) in [5.74, 6) is 0. The van der Waals surface area contributed by atoms with Crippen molar-refractivity contribution in [1.29, 1.82) is 0 Å². The summed E-state index contributed by atoms with van der Waals surface area (Å²) in [7, 11) is 0. The van der Waals surface area contributed by atoms with Crippen LogP contribution in [-0.2, 0) is 6.42 Å². The van der Waals surface area contributed by atoms with Gasteiger partial charge in [-0.1, -0.05) is 30.7 Å². The summed E-state index contributed by atoms with van der Waals surface area (Å²) in [4.78, 5) is 2.56. The van der Waals surface area contributed by atoms with Gasteiger partial charge < -0.3 is 10.2 Å². The normalized spacial score (nSPS) is 22.4. The molecule has 1 aliphatic rings. The lowest BCUT2D eigenvalue weighted by molar-refractivity contribution is 0.295. The first-order valence-corrected chi connectivity index (χ1v) is 8.28. The Morgan fingerprint density at radius 1 is 1.25 bits per heavy atom. The van der Waals surface area contributed by atoms with Gasteiger partial charge in [0.2, 0.25) is 0 Å². The lowest BCUT2D eigenvalue weighted by atomic mass is 10.0. The van der Waals surface area contributed by atoms with Gasteiger partial charge in [0.25, 0.3) is 0 Å². The minimum atomic E-state index is 0.523. The van der Waals surface area contributed by atoms with E-state index < -0.39 is 0 Å². The number of nitrogens with zero attached hydrogens (tertiary/aromatic N) is 1. The van der Waals surface area contributed by atoms with E-state index in [1.54, 1.807) is 0 Å². The molecule has 1 aromatic carbocycles. The van der Waals surface area contributed by atoms with Crippen molar-refractivity contribution in [1.82, 2.24) is 10.2 Å². The van der Waals surface area contributed by atoms with E-state index in [4.69, 9.17) is 11.6 Å². The number of halogens is 1. The first kappa shape index (κ1) is 15.8. The molecule has 112 valence electrons. The molecule has 3 heteroatoms. The van der Waals surface area contributed by atoms with Gasteiger partial charge in [-0.05, 0) is 69.9 Å². The standard InChI is InChI=1S/C17H27ClN2/c1-3-20-11-4-5-17(10-12-20)19-14(2)13-15-6-8-16(18)9-7-15/h6-9,14,17,19H,3-5,10-13H2,1-2H3. The van der Waals surface area contributed by atoms with E-state index in [2.05, 4.69) is 36.2 Å². The zero-order valence-electron chi connectivity index (χ0n) is 12.7. The van der Waals surface area contributed by atoms with Crippen LogP contribution < -0.4 is 5.32 Å². The predicted molar refractivity (Wildman–Crippen MR) is 87.5 cm³/mol. The highest BCUT2D eigenvalue weighted by atomic mass is 35.5. The lowest BCUT2D eigenvalue weighted by Gasteiger charge is -2.22. The van der Waals surface area contributed by atoms with Crippen molar-refractivity contribution < 1.29 is 0 Å². The molecular weight excluding hydrogens is 268 g/mol. The number of nitrogens with one attached hydrogen (secondary N) is 1. The van der Waals surface area contributed by atoms with E-state index in [9.17, 15) is 0 Å². The fourth-order valence-corrected chi connectivity index (χ4v) is 3.20. The zero-order chi connectivity index (χ0) is 14.4. The Kier molecular flexibility index (Phi) is 6.34. The van der Waals surface area contributed by atoms with Crippen LogP contribution in [0.3, 0.4) is 0 Å². The number of hydrogen-bond acceptors (Lipinski definition) is 2. The number of benzene rings is 1. The molecule has 2 nitrogen and oxygen atoms in total. The van der Waals surface area contributed by atoms with Crippen molar-refractivity contribution in [2.45, 2.75) is 51.6 Å². The van der Waals surface area contributed by atoms with E-state index in [-0.39, 0.29) is 0 Å². The van der Waals surface area contributed by atoms with Gasteiger partial charge in [-0.3, -0.25) is 0 Å². The topological polar surface area (TPSA) is 15.3 Å². The average molecular weight is 295 g/mol. The average Bonchev–Trinajstić information content (AvgIpc) is 2.66. The van der Waals surface area contributed by atoms with E-state index in [0.29, 0.717) is 12.1 Å². The van der Waals surface area contributed by atoms with Gasteiger partial charge in [0.1, 0.15) is 0 Å². The van der Waals surface area contributed by atoms with Crippen LogP contribution in [0.2, 0.25) is 5.02 Å². The highest BCUT2D eigenvalue weighted by Gasteiger charge is 2.17. The molecule has 2 rings (SSSR count). The fourth-order valence-electron chi connectivity index (χ4n) is 3.07. The second-order valence-corrected chi connectivity index (χ2v) is 6.40. The van der Waals surface area contributed by atoms with Crippen LogP contribution in [0.5, 0.6) is 0 Å². The lowest BCUT2D eigenvalue weighted by Crippen LogP contribution is -2.38. The Labute approximate surface area is 128 Å². The Morgan fingerprint density at radius 3 is 2.70 bits per heavy atom. The maximum Gasteiger partial charge on any atom is 0.0406 e. The van der Waals surface area contributed by atoms with Crippen molar-refractivity contribution in [3.63, 3.8) is 0 Å². The van der Waals surface area contributed by atoms with Crippen molar-refractivity contribution in [2.75, 3.05) is 19.6 Å². The van der Waals surface area contributed by atoms with Crippen LogP contribution in [0.4, 0.5) is 0 Å². The quantitative estimate of drug-likeness (QED) is 0.890. The van der Waals surface area contributed by atoms with Gasteiger partial charge in [-0.25, -0.2) is 0 Å². The molecule has 0 radical (unpaired) electrons. The molecule has 0 aliphatic carbocycles. The maximum absolute atomic E-state index is 5.93. The van der Waals surface area contributed by atoms with Crippen LogP contribution in [0.15, 0.2) is 24.3 Å². The van der Waals surface area contributed by atoms with E-state index in [1.807, 2.05) is 12.1 Å². The highest BCUT2D eigenvalue weighted by Crippen LogP contribution is 2.14.